The number of methoxy groups -OCH3 is 1. The van der Waals surface area contributed by atoms with Crippen molar-refractivity contribution in [3.8, 4) is 0 Å². The number of amides is 2. The second-order valence-electron chi connectivity index (χ2n) is 19.3. The van der Waals surface area contributed by atoms with Crippen LogP contribution < -0.4 is 16.4 Å². The monoisotopic (exact) mass is 1240 g/mol. The standard InChI is InChI=1S/C16H16ClN3O2.C11H8ClN3O.C11H14ClNO.C7H7Cl.C6H6N2O2.C5H4N2O2.C5H6N2/c1-16(2,3)15(22)20-12-5-4-10(17)8-11(12)14(21)13-6-7-18-9-19-13;12-7-1-2-9(13)8(5-7)11(16)10-3-4-14-6-15-10;1-11(2,3)10(14)13-9-6-4-8(12)5-7-9;1-6-2-4-7(8)5-3-6;1-10-6(9)5-2-3-7-4-8-5;8-5(9)4-1-2-6-3-7-4;1-5-2-3-6-4-7-5/h4-9H,1-3H3,(H,20,22);1-6H,13H2;4-7H,1-3H3,(H,13,14);2-5H,1H3;2-4H,1H3;1-3H,(H,8,9);2-4H,1H3. The van der Waals surface area contributed by atoms with Gasteiger partial charge in [0.2, 0.25) is 23.4 Å². The fourth-order valence-corrected chi connectivity index (χ4v) is 6.25. The van der Waals surface area contributed by atoms with Crippen molar-refractivity contribution in [3.63, 3.8) is 0 Å². The van der Waals surface area contributed by atoms with Crippen molar-refractivity contribution in [2.24, 2.45) is 10.8 Å². The second-order valence-corrected chi connectivity index (χ2v) is 21.1. The number of nitrogen functional groups attached to an aromatic ring is 1. The number of carboxylic acids is 1. The summed E-state index contributed by atoms with van der Waals surface area (Å²) in [5.41, 5.74) is 10.1. The van der Waals surface area contributed by atoms with Gasteiger partial charge in [-0.1, -0.05) is 106 Å². The first kappa shape index (κ1) is 70.7. The van der Waals surface area contributed by atoms with E-state index in [9.17, 15) is 28.8 Å². The van der Waals surface area contributed by atoms with Gasteiger partial charge in [-0.05, 0) is 117 Å². The zero-order valence-corrected chi connectivity index (χ0v) is 51.1. The van der Waals surface area contributed by atoms with E-state index < -0.39 is 17.4 Å². The average Bonchev–Trinajstić information content (AvgIpc) is 2.54. The number of carboxylic acid groups (broad SMARTS) is 1. The fourth-order valence-electron chi connectivity index (χ4n) is 5.65. The summed E-state index contributed by atoms with van der Waals surface area (Å²) < 4.78 is 4.41. The normalized spacial score (nSPS) is 10.1. The minimum atomic E-state index is -1.03. The number of nitrogens with zero attached hydrogens (tertiary/aromatic N) is 10. The molecule has 4 aromatic carbocycles. The van der Waals surface area contributed by atoms with E-state index in [1.165, 1.54) is 105 Å². The number of halogens is 4. The maximum atomic E-state index is 12.6. The van der Waals surface area contributed by atoms with Crippen LogP contribution in [0.15, 0.2) is 178 Å². The van der Waals surface area contributed by atoms with Gasteiger partial charge in [0.05, 0.1) is 12.8 Å². The Kier molecular flexibility index (Phi) is 29.8. The number of aromatic nitrogens is 10. The molecule has 0 bridgehead atoms. The lowest BCUT2D eigenvalue weighted by Crippen LogP contribution is -2.28. The quantitative estimate of drug-likeness (QED) is 0.0624. The molecule has 25 heteroatoms. The molecule has 0 saturated heterocycles. The number of benzene rings is 4. The Morgan fingerprint density at radius 3 is 1.22 bits per heavy atom. The van der Waals surface area contributed by atoms with Crippen molar-refractivity contribution in [1.29, 1.82) is 0 Å². The number of anilines is 3. The topological polar surface area (TPSA) is 311 Å². The van der Waals surface area contributed by atoms with Crippen LogP contribution in [-0.2, 0) is 14.3 Å². The number of carbonyl (C=O) groups excluding carboxylic acids is 5. The molecular formula is C61H61Cl4N13O8. The lowest BCUT2D eigenvalue weighted by Gasteiger charge is -2.19. The Morgan fingerprint density at radius 1 is 0.465 bits per heavy atom. The average molecular weight is 1250 g/mol. The molecule has 5 aromatic heterocycles. The summed E-state index contributed by atoms with van der Waals surface area (Å²) in [6, 6.07) is 32.1. The molecule has 0 saturated carbocycles. The van der Waals surface area contributed by atoms with Crippen molar-refractivity contribution >= 4 is 98.8 Å². The molecule has 0 spiro atoms. The SMILES string of the molecule is CC(C)(C)C(=O)Nc1ccc(Cl)cc1.CC(C)(C)C(=O)Nc1ccc(Cl)cc1C(=O)c1ccncn1.COC(=O)c1ccncn1.Cc1ccc(Cl)cc1.Cc1ccncn1.Nc1ccc(Cl)cc1C(=O)c1ccncn1.O=C(O)c1ccncn1. The number of aryl methyl sites for hydroxylation is 2. The van der Waals surface area contributed by atoms with Crippen molar-refractivity contribution in [3.05, 3.63) is 243 Å². The first-order valence-electron chi connectivity index (χ1n) is 25.3. The van der Waals surface area contributed by atoms with Crippen LogP contribution in [-0.4, -0.2) is 97.4 Å². The lowest BCUT2D eigenvalue weighted by atomic mass is 9.95. The van der Waals surface area contributed by atoms with Gasteiger partial charge in [-0.25, -0.2) is 59.4 Å². The van der Waals surface area contributed by atoms with Crippen LogP contribution >= 0.6 is 46.4 Å². The van der Waals surface area contributed by atoms with Crippen LogP contribution in [0.1, 0.15) is 106 Å². The van der Waals surface area contributed by atoms with Gasteiger partial charge in [0.15, 0.2) is 11.4 Å². The van der Waals surface area contributed by atoms with Gasteiger partial charge in [0, 0.05) is 90.1 Å². The Balaban J connectivity index is 0.000000272. The predicted molar refractivity (Wildman–Crippen MR) is 331 cm³/mol. The Morgan fingerprint density at radius 2 is 0.849 bits per heavy atom. The number of carbonyl (C=O) groups is 6. The summed E-state index contributed by atoms with van der Waals surface area (Å²) in [6.07, 6.45) is 14.2. The third kappa shape index (κ3) is 26.8. The van der Waals surface area contributed by atoms with Crippen LogP contribution in [0.5, 0.6) is 0 Å². The Labute approximate surface area is 517 Å². The van der Waals surface area contributed by atoms with Crippen molar-refractivity contribution in [1.82, 2.24) is 49.8 Å². The summed E-state index contributed by atoms with van der Waals surface area (Å²) in [4.78, 5) is 106. The predicted octanol–water partition coefficient (Wildman–Crippen LogP) is 12.5. The third-order valence-electron chi connectivity index (χ3n) is 10.3. The van der Waals surface area contributed by atoms with E-state index in [1.54, 1.807) is 75.5 Å². The molecule has 5 heterocycles. The molecule has 9 rings (SSSR count). The molecule has 446 valence electrons. The van der Waals surface area contributed by atoms with Crippen molar-refractivity contribution in [2.45, 2.75) is 55.4 Å². The molecular weight excluding hydrogens is 1180 g/mol. The van der Waals surface area contributed by atoms with Crippen LogP contribution in [0.25, 0.3) is 0 Å². The summed E-state index contributed by atoms with van der Waals surface area (Å²) >= 11 is 23.1. The summed E-state index contributed by atoms with van der Waals surface area (Å²) in [5.74, 6) is -2.25. The Bertz CT molecular complexity index is 3550. The van der Waals surface area contributed by atoms with E-state index in [4.69, 9.17) is 57.2 Å². The number of ketones is 2. The first-order valence-corrected chi connectivity index (χ1v) is 26.8. The second kappa shape index (κ2) is 36.2. The number of hydrogen-bond donors (Lipinski definition) is 4. The molecule has 0 radical (unpaired) electrons. The molecule has 0 aliphatic rings. The Hall–Kier alpha value is -9.54. The maximum Gasteiger partial charge on any atom is 0.356 e. The molecule has 2 amide bonds. The number of ether oxygens (including phenoxy) is 1. The number of aromatic carboxylic acids is 1. The van der Waals surface area contributed by atoms with Gasteiger partial charge < -0.3 is 26.2 Å². The molecule has 0 fully saturated rings. The summed E-state index contributed by atoms with van der Waals surface area (Å²) in [5, 5.41) is 16.2. The summed E-state index contributed by atoms with van der Waals surface area (Å²) in [6.45, 7) is 15.0. The van der Waals surface area contributed by atoms with Crippen LogP contribution in [0.3, 0.4) is 0 Å². The van der Waals surface area contributed by atoms with E-state index >= 15 is 0 Å². The largest absolute Gasteiger partial charge is 0.477 e. The number of hydrogen-bond acceptors (Lipinski definition) is 18. The van der Waals surface area contributed by atoms with Crippen LogP contribution in [0.4, 0.5) is 17.1 Å². The van der Waals surface area contributed by atoms with E-state index in [1.807, 2.05) is 65.0 Å². The van der Waals surface area contributed by atoms with E-state index in [0.717, 1.165) is 16.4 Å². The van der Waals surface area contributed by atoms with E-state index in [-0.39, 0.29) is 45.9 Å². The molecule has 5 N–H and O–H groups in total. The molecule has 0 unspecified atom stereocenters. The van der Waals surface area contributed by atoms with Gasteiger partial charge >= 0.3 is 11.9 Å². The molecule has 21 nitrogen and oxygen atoms in total. The molecule has 0 aliphatic carbocycles. The van der Waals surface area contributed by atoms with Gasteiger partial charge in [0.25, 0.3) is 0 Å². The minimum Gasteiger partial charge on any atom is -0.477 e. The lowest BCUT2D eigenvalue weighted by molar-refractivity contribution is -0.123. The third-order valence-corrected chi connectivity index (χ3v) is 11.3. The first-order chi connectivity index (χ1) is 40.7. The maximum absolute atomic E-state index is 12.6. The minimum absolute atomic E-state index is 0.000164. The highest BCUT2D eigenvalue weighted by Gasteiger charge is 2.24. The number of rotatable bonds is 8. The zero-order chi connectivity index (χ0) is 63.8. The van der Waals surface area contributed by atoms with E-state index in [2.05, 4.69) is 65.2 Å². The van der Waals surface area contributed by atoms with Gasteiger partial charge in [0.1, 0.15) is 43.0 Å². The number of nitrogens with two attached hydrogens (primary N) is 1. The smallest absolute Gasteiger partial charge is 0.356 e. The molecule has 0 aliphatic heterocycles. The van der Waals surface area contributed by atoms with Crippen LogP contribution in [0.2, 0.25) is 20.1 Å². The molecule has 86 heavy (non-hydrogen) atoms. The fraction of sp³-hybridized carbons (Fsp3) is 0.180. The van der Waals surface area contributed by atoms with Crippen molar-refractivity contribution < 1.29 is 38.6 Å². The van der Waals surface area contributed by atoms with E-state index in [0.29, 0.717) is 43.3 Å². The highest BCUT2D eigenvalue weighted by Crippen LogP contribution is 2.26. The highest BCUT2D eigenvalue weighted by atomic mass is 35.5. The molecule has 0 atom stereocenters. The summed E-state index contributed by atoms with van der Waals surface area (Å²) in [7, 11) is 1.31. The van der Waals surface area contributed by atoms with Gasteiger partial charge in [-0.2, -0.15) is 0 Å². The number of esters is 1. The highest BCUT2D eigenvalue weighted by molar-refractivity contribution is 6.32. The van der Waals surface area contributed by atoms with Crippen LogP contribution in [0, 0.1) is 24.7 Å². The van der Waals surface area contributed by atoms with Gasteiger partial charge in [-0.3, -0.25) is 19.2 Å². The number of nitrogens with one attached hydrogen (secondary N) is 2. The molecule has 9 aromatic rings. The zero-order valence-electron chi connectivity index (χ0n) is 48.1. The van der Waals surface area contributed by atoms with Crippen molar-refractivity contribution in [2.75, 3.05) is 23.5 Å². The van der Waals surface area contributed by atoms with Gasteiger partial charge in [-0.15, -0.1) is 0 Å².